The van der Waals surface area contributed by atoms with Crippen molar-refractivity contribution in [3.8, 4) is 17.2 Å². The van der Waals surface area contributed by atoms with E-state index in [0.29, 0.717) is 30.5 Å². The first kappa shape index (κ1) is 13.5. The van der Waals surface area contributed by atoms with Gasteiger partial charge in [-0.2, -0.15) is 0 Å². The van der Waals surface area contributed by atoms with Crippen molar-refractivity contribution in [2.75, 3.05) is 20.3 Å². The predicted octanol–water partition coefficient (Wildman–Crippen LogP) is 2.22. The molecule has 1 aliphatic heterocycles. The molecule has 0 aliphatic carbocycles. The highest BCUT2D eigenvalue weighted by Crippen LogP contribution is 2.42. The predicted molar refractivity (Wildman–Crippen MR) is 69.3 cm³/mol. The van der Waals surface area contributed by atoms with Crippen LogP contribution in [0, 0.1) is 0 Å². The molecule has 0 unspecified atom stereocenters. The summed E-state index contributed by atoms with van der Waals surface area (Å²) in [6.45, 7) is 4.75. The van der Waals surface area contributed by atoms with E-state index in [1.807, 2.05) is 19.9 Å². The second-order valence-corrected chi connectivity index (χ2v) is 5.15. The number of rotatable bonds is 4. The lowest BCUT2D eigenvalue weighted by Crippen LogP contribution is -2.23. The zero-order valence-electron chi connectivity index (χ0n) is 11.4. The van der Waals surface area contributed by atoms with Crippen molar-refractivity contribution in [1.29, 1.82) is 0 Å². The number of ether oxygens (including phenoxy) is 3. The fourth-order valence-electron chi connectivity index (χ4n) is 2.24. The van der Waals surface area contributed by atoms with Crippen LogP contribution in [0.2, 0.25) is 0 Å². The van der Waals surface area contributed by atoms with Crippen LogP contribution in [0.4, 0.5) is 0 Å². The molecule has 0 aromatic heterocycles. The Labute approximate surface area is 112 Å². The van der Waals surface area contributed by atoms with Crippen molar-refractivity contribution in [1.82, 2.24) is 0 Å². The van der Waals surface area contributed by atoms with Crippen molar-refractivity contribution in [2.45, 2.75) is 25.7 Å². The summed E-state index contributed by atoms with van der Waals surface area (Å²) in [6.07, 6.45) is 0.0169. The minimum atomic E-state index is -0.845. The van der Waals surface area contributed by atoms with E-state index in [1.54, 1.807) is 13.2 Å². The monoisotopic (exact) mass is 266 g/mol. The van der Waals surface area contributed by atoms with Gasteiger partial charge in [-0.05, 0) is 6.07 Å². The molecule has 0 spiro atoms. The fourth-order valence-corrected chi connectivity index (χ4v) is 2.24. The van der Waals surface area contributed by atoms with E-state index >= 15 is 0 Å². The summed E-state index contributed by atoms with van der Waals surface area (Å²) in [5.74, 6) is 1.05. The van der Waals surface area contributed by atoms with Crippen molar-refractivity contribution in [3.63, 3.8) is 0 Å². The average Bonchev–Trinajstić information content (AvgIpc) is 2.35. The van der Waals surface area contributed by atoms with Crippen LogP contribution < -0.4 is 14.2 Å². The number of methoxy groups -OCH3 is 1. The lowest BCUT2D eigenvalue weighted by Gasteiger charge is -2.28. The Balaban J connectivity index is 2.46. The number of aliphatic carboxylic acids is 1. The minimum Gasteiger partial charge on any atom is -0.496 e. The van der Waals surface area contributed by atoms with Crippen molar-refractivity contribution in [2.24, 2.45) is 0 Å². The summed E-state index contributed by atoms with van der Waals surface area (Å²) in [6, 6.07) is 3.57. The van der Waals surface area contributed by atoms with E-state index in [-0.39, 0.29) is 6.42 Å². The highest BCUT2D eigenvalue weighted by molar-refractivity contribution is 5.69. The third-order valence-corrected chi connectivity index (χ3v) is 3.19. The first-order valence-electron chi connectivity index (χ1n) is 6.14. The van der Waals surface area contributed by atoms with Crippen LogP contribution in [0.3, 0.4) is 0 Å². The smallest absolute Gasteiger partial charge is 0.304 e. The largest absolute Gasteiger partial charge is 0.496 e. The molecule has 0 atom stereocenters. The Morgan fingerprint density at radius 3 is 2.42 bits per heavy atom. The van der Waals surface area contributed by atoms with Crippen molar-refractivity contribution < 1.29 is 24.1 Å². The van der Waals surface area contributed by atoms with Crippen LogP contribution in [0.1, 0.15) is 25.8 Å². The van der Waals surface area contributed by atoms with Gasteiger partial charge in [-0.1, -0.05) is 13.8 Å². The number of carbonyl (C=O) groups is 1. The lowest BCUT2D eigenvalue weighted by molar-refractivity contribution is -0.138. The number of fused-ring (bicyclic) bond motifs is 1. The van der Waals surface area contributed by atoms with Gasteiger partial charge < -0.3 is 19.3 Å². The molecule has 5 nitrogen and oxygen atoms in total. The maximum atomic E-state index is 11.0. The van der Waals surface area contributed by atoms with Crippen molar-refractivity contribution >= 4 is 5.97 Å². The Morgan fingerprint density at radius 1 is 1.32 bits per heavy atom. The highest BCUT2D eigenvalue weighted by atomic mass is 16.6. The summed E-state index contributed by atoms with van der Waals surface area (Å²) >= 11 is 0. The van der Waals surface area contributed by atoms with E-state index in [2.05, 4.69) is 0 Å². The van der Waals surface area contributed by atoms with Crippen molar-refractivity contribution in [3.05, 3.63) is 17.7 Å². The lowest BCUT2D eigenvalue weighted by atomic mass is 9.81. The number of hydrogen-bond acceptors (Lipinski definition) is 4. The van der Waals surface area contributed by atoms with E-state index in [9.17, 15) is 4.79 Å². The summed E-state index contributed by atoms with van der Waals surface area (Å²) in [7, 11) is 1.56. The van der Waals surface area contributed by atoms with E-state index in [1.165, 1.54) is 0 Å². The zero-order chi connectivity index (χ0) is 14.0. The van der Waals surface area contributed by atoms with Crippen LogP contribution in [-0.2, 0) is 10.2 Å². The Kier molecular flexibility index (Phi) is 3.55. The zero-order valence-corrected chi connectivity index (χ0v) is 11.4. The van der Waals surface area contributed by atoms with Gasteiger partial charge in [0.2, 0.25) is 0 Å². The summed E-state index contributed by atoms with van der Waals surface area (Å²) < 4.78 is 16.4. The topological polar surface area (TPSA) is 65.0 Å². The molecule has 0 saturated carbocycles. The molecule has 1 N–H and O–H groups in total. The van der Waals surface area contributed by atoms with Gasteiger partial charge in [0.05, 0.1) is 13.5 Å². The van der Waals surface area contributed by atoms with Crippen LogP contribution in [0.25, 0.3) is 0 Å². The third kappa shape index (κ3) is 2.75. The Morgan fingerprint density at radius 2 is 1.89 bits per heavy atom. The normalized spacial score (nSPS) is 14.1. The standard InChI is InChI=1S/C14H18O5/c1-14(2,8-13(15)16)9-6-11-12(7-10(9)17-3)19-5-4-18-11/h6-7H,4-5,8H2,1-3H3,(H,15,16). The molecule has 104 valence electrons. The molecule has 1 aromatic rings. The number of hydrogen-bond donors (Lipinski definition) is 1. The van der Waals surface area contributed by atoms with Gasteiger partial charge in [-0.3, -0.25) is 4.79 Å². The van der Waals surface area contributed by atoms with Gasteiger partial charge in [0.25, 0.3) is 0 Å². The first-order valence-corrected chi connectivity index (χ1v) is 6.14. The molecule has 0 fully saturated rings. The fraction of sp³-hybridized carbons (Fsp3) is 0.500. The molecule has 0 bridgehead atoms. The average molecular weight is 266 g/mol. The van der Waals surface area contributed by atoms with Crippen LogP contribution >= 0.6 is 0 Å². The second kappa shape index (κ2) is 4.99. The van der Waals surface area contributed by atoms with Gasteiger partial charge >= 0.3 is 5.97 Å². The molecule has 0 amide bonds. The van der Waals surface area contributed by atoms with E-state index < -0.39 is 11.4 Å². The maximum absolute atomic E-state index is 11.0. The van der Waals surface area contributed by atoms with Gasteiger partial charge in [-0.25, -0.2) is 0 Å². The number of carboxylic acid groups (broad SMARTS) is 1. The molecule has 1 aromatic carbocycles. The molecule has 19 heavy (non-hydrogen) atoms. The Bertz CT molecular complexity index is 493. The third-order valence-electron chi connectivity index (χ3n) is 3.19. The second-order valence-electron chi connectivity index (χ2n) is 5.15. The SMILES string of the molecule is COc1cc2c(cc1C(C)(C)CC(=O)O)OCCO2. The Hall–Kier alpha value is -1.91. The van der Waals surface area contributed by atoms with Gasteiger partial charge in [0, 0.05) is 17.0 Å². The molecule has 2 rings (SSSR count). The molecule has 1 aliphatic rings. The quantitative estimate of drug-likeness (QED) is 0.905. The molecule has 0 saturated heterocycles. The van der Waals surface area contributed by atoms with E-state index in [4.69, 9.17) is 19.3 Å². The number of carboxylic acids is 1. The minimum absolute atomic E-state index is 0.0169. The van der Waals surface area contributed by atoms with Crippen LogP contribution in [0.15, 0.2) is 12.1 Å². The molecular weight excluding hydrogens is 248 g/mol. The summed E-state index contributed by atoms with van der Waals surface area (Å²) in [5.41, 5.74) is 0.258. The summed E-state index contributed by atoms with van der Waals surface area (Å²) in [4.78, 5) is 11.0. The maximum Gasteiger partial charge on any atom is 0.304 e. The first-order chi connectivity index (χ1) is 8.94. The molecule has 0 radical (unpaired) electrons. The van der Waals surface area contributed by atoms with Gasteiger partial charge in [0.1, 0.15) is 19.0 Å². The van der Waals surface area contributed by atoms with Crippen LogP contribution in [-0.4, -0.2) is 31.4 Å². The molecule has 5 heteroatoms. The molecule has 1 heterocycles. The van der Waals surface area contributed by atoms with Crippen LogP contribution in [0.5, 0.6) is 17.2 Å². The highest BCUT2D eigenvalue weighted by Gasteiger charge is 2.30. The van der Waals surface area contributed by atoms with Gasteiger partial charge in [-0.15, -0.1) is 0 Å². The van der Waals surface area contributed by atoms with Gasteiger partial charge in [0.15, 0.2) is 11.5 Å². The molecular formula is C14H18O5. The summed E-state index contributed by atoms with van der Waals surface area (Å²) in [5, 5.41) is 9.02. The number of benzene rings is 1. The van der Waals surface area contributed by atoms with E-state index in [0.717, 1.165) is 5.56 Å².